The van der Waals surface area contributed by atoms with Crippen LogP contribution in [0.5, 0.6) is 11.5 Å². The van der Waals surface area contributed by atoms with E-state index in [1.165, 1.54) is 87.1 Å². The molecule has 0 N–H and O–H groups in total. The lowest BCUT2D eigenvalue weighted by Gasteiger charge is -2.33. The molecule has 0 bridgehead atoms. The maximum atomic E-state index is 6.83. The van der Waals surface area contributed by atoms with Crippen molar-refractivity contribution in [2.24, 2.45) is 0 Å². The molecule has 0 unspecified atom stereocenters. The van der Waals surface area contributed by atoms with E-state index in [2.05, 4.69) is 463 Å². The van der Waals surface area contributed by atoms with Gasteiger partial charge in [-0.1, -0.05) is 279 Å². The van der Waals surface area contributed by atoms with Gasteiger partial charge in [-0.3, -0.25) is 0 Å². The maximum absolute atomic E-state index is 6.83. The van der Waals surface area contributed by atoms with Gasteiger partial charge in [-0.05, 0) is 187 Å². The number of aromatic nitrogens is 6. The molecule has 28 rings (SSSR count). The molecule has 27 aromatic rings. The lowest BCUT2D eigenvalue weighted by molar-refractivity contribution is 0.477. The van der Waals surface area contributed by atoms with Gasteiger partial charge in [0, 0.05) is 139 Å². The molecule has 0 radical (unpaired) electrons. The van der Waals surface area contributed by atoms with E-state index in [1.807, 2.05) is 36.4 Å². The largest absolute Gasteiger partial charge is 0.455 e. The second-order valence-electron chi connectivity index (χ2n) is 33.5. The lowest BCUT2D eigenvalue weighted by atomic mass is 10.00. The Morgan fingerprint density at radius 2 is 0.485 bits per heavy atom. The minimum absolute atomic E-state index is 0.850. The Morgan fingerprint density at radius 3 is 0.931 bits per heavy atom. The minimum Gasteiger partial charge on any atom is -0.455 e. The zero-order valence-corrected chi connectivity index (χ0v) is 70.3. The highest BCUT2D eigenvalue weighted by atomic mass is 16.5. The summed E-state index contributed by atoms with van der Waals surface area (Å²) in [6.45, 7) is 0. The van der Waals surface area contributed by atoms with Crippen molar-refractivity contribution in [3.05, 3.63) is 468 Å². The predicted octanol–water partition coefficient (Wildman–Crippen LogP) is 32.6. The molecule has 10 heteroatoms. The number of rotatable bonds is 10. The quantitative estimate of drug-likeness (QED) is 0.137. The third kappa shape index (κ3) is 12.0. The standard InChI is InChI=1S/C44H28N2O.C38H25N3O.C38H24N2O/c1-3-11-29(12-4-1)34-16-9-18-37-38-19-10-17-35(44(38)47-43(34)37)30-21-23-33(24-22-30)46-40-20-8-7-15-36(40)39-27-31-25-26-45(41(31)28-42(39)46)32-13-5-2-6-14-32;1-2-11-27(12-3-1)39-22-21-26-23-31-30-15-4-5-16-32(30)40(36(31)25-35(26)39)28-13-10-14-29(24-28)41-33-17-6-8-19-37(33)42-38-20-9-7-18-34(38)41;1-3-11-25(12-4-1)28-16-9-17-30-31-18-10-20-34(38(31)41-37(28)30)40-33-19-8-7-15-29(33)32-23-26-21-22-39(35(26)24-36(32)40)27-13-5-2-6-14-27/h1-28H;1-25H;1-24H. The molecule has 0 saturated heterocycles. The number of furan rings is 2. The molecule has 0 atom stereocenters. The van der Waals surface area contributed by atoms with Crippen molar-refractivity contribution in [1.29, 1.82) is 0 Å². The van der Waals surface area contributed by atoms with Crippen LogP contribution in [-0.4, -0.2) is 27.4 Å². The van der Waals surface area contributed by atoms with E-state index in [9.17, 15) is 0 Å². The molecule has 0 aliphatic carbocycles. The van der Waals surface area contributed by atoms with Gasteiger partial charge in [0.25, 0.3) is 0 Å². The van der Waals surface area contributed by atoms with E-state index in [0.29, 0.717) is 0 Å². The van der Waals surface area contributed by atoms with Crippen LogP contribution in [0.15, 0.2) is 476 Å². The third-order valence-corrected chi connectivity index (χ3v) is 26.2. The van der Waals surface area contributed by atoms with Crippen molar-refractivity contribution in [3.8, 4) is 79.0 Å². The molecular formula is C120H77N7O3. The van der Waals surface area contributed by atoms with E-state index in [0.717, 1.165) is 151 Å². The van der Waals surface area contributed by atoms with Gasteiger partial charge in [0.1, 0.15) is 16.7 Å². The molecule has 0 fully saturated rings. The Morgan fingerprint density at radius 1 is 0.169 bits per heavy atom. The Kier molecular flexibility index (Phi) is 17.1. The summed E-state index contributed by atoms with van der Waals surface area (Å²) in [5.41, 5.74) is 30.9. The monoisotopic (exact) mass is 1660 g/mol. The van der Waals surface area contributed by atoms with Gasteiger partial charge >= 0.3 is 0 Å². The lowest BCUT2D eigenvalue weighted by Crippen LogP contribution is -2.15. The molecule has 1 aliphatic rings. The van der Waals surface area contributed by atoms with E-state index < -0.39 is 0 Å². The van der Waals surface area contributed by atoms with Gasteiger partial charge in [0.05, 0.1) is 66.7 Å². The van der Waals surface area contributed by atoms with Crippen LogP contribution in [0.25, 0.3) is 210 Å². The van der Waals surface area contributed by atoms with Gasteiger partial charge in [-0.2, -0.15) is 0 Å². The number of hydrogen-bond donors (Lipinski definition) is 0. The first-order valence-corrected chi connectivity index (χ1v) is 44.2. The van der Waals surface area contributed by atoms with Crippen LogP contribution in [0.4, 0.5) is 17.1 Å². The highest BCUT2D eigenvalue weighted by Gasteiger charge is 2.28. The Hall–Kier alpha value is -17.6. The molecule has 9 heterocycles. The first-order valence-electron chi connectivity index (χ1n) is 44.2. The fraction of sp³-hybridized carbons (Fsp3) is 0. The van der Waals surface area contributed by atoms with Crippen LogP contribution >= 0.6 is 0 Å². The van der Waals surface area contributed by atoms with E-state index in [4.69, 9.17) is 13.6 Å². The van der Waals surface area contributed by atoms with E-state index in [-0.39, 0.29) is 0 Å². The van der Waals surface area contributed by atoms with Gasteiger partial charge in [0.15, 0.2) is 17.1 Å². The second kappa shape index (κ2) is 30.1. The van der Waals surface area contributed by atoms with Crippen molar-refractivity contribution in [1.82, 2.24) is 27.4 Å². The summed E-state index contributed by atoms with van der Waals surface area (Å²) >= 11 is 0. The van der Waals surface area contributed by atoms with Crippen LogP contribution in [0.3, 0.4) is 0 Å². The molecule has 0 saturated carbocycles. The number of fused-ring (bicyclic) bond motifs is 20. The summed E-state index contributed by atoms with van der Waals surface area (Å²) < 4.78 is 33.8. The maximum Gasteiger partial charge on any atom is 0.159 e. The SMILES string of the molecule is c1ccc(-c2cccc3c2oc2c(-c4ccc(-n5c6ccccc6c6cc7ccn(-c8ccccc8)c7cc65)cc4)cccc23)cc1.c1ccc(-c2cccc3c2oc2c(-n4c5ccccc5c5cc6ccn(-c7ccccc7)c6cc54)cccc23)cc1.c1ccc(-n2ccc3cc4c5ccccc5n(-c5cccc(N6c7ccccc7Oc7ccccc76)c5)c4cc32)cc1. The van der Waals surface area contributed by atoms with Crippen molar-refractivity contribution in [2.75, 3.05) is 4.90 Å². The number of benzene rings is 19. The van der Waals surface area contributed by atoms with Crippen LogP contribution in [0.2, 0.25) is 0 Å². The van der Waals surface area contributed by atoms with Crippen molar-refractivity contribution in [2.45, 2.75) is 0 Å². The molecule has 0 spiro atoms. The highest BCUT2D eigenvalue weighted by molar-refractivity contribution is 6.19. The Balaban J connectivity index is 0.000000103. The summed E-state index contributed by atoms with van der Waals surface area (Å²) in [4.78, 5) is 2.30. The minimum atomic E-state index is 0.850. The summed E-state index contributed by atoms with van der Waals surface area (Å²) in [6, 6.07) is 159. The number of anilines is 3. The zero-order chi connectivity index (χ0) is 85.4. The molecular weight excluding hydrogens is 1590 g/mol. The van der Waals surface area contributed by atoms with Crippen molar-refractivity contribution < 1.29 is 13.6 Å². The van der Waals surface area contributed by atoms with Gasteiger partial charge in [-0.25, -0.2) is 0 Å². The number of para-hydroxylation sites is 14. The zero-order valence-electron chi connectivity index (χ0n) is 70.3. The summed E-state index contributed by atoms with van der Waals surface area (Å²) in [7, 11) is 0. The first kappa shape index (κ1) is 73.9. The summed E-state index contributed by atoms with van der Waals surface area (Å²) in [5.74, 6) is 1.70. The molecule has 8 aromatic heterocycles. The molecule has 1 aliphatic heterocycles. The summed E-state index contributed by atoms with van der Waals surface area (Å²) in [5, 5.41) is 15.7. The van der Waals surface area contributed by atoms with Gasteiger partial charge < -0.3 is 45.9 Å². The van der Waals surface area contributed by atoms with Crippen LogP contribution in [0, 0.1) is 0 Å². The second-order valence-corrected chi connectivity index (χ2v) is 33.5. The van der Waals surface area contributed by atoms with Gasteiger partial charge in [-0.15, -0.1) is 0 Å². The number of nitrogens with zero attached hydrogens (tertiary/aromatic N) is 7. The molecule has 10 nitrogen and oxygen atoms in total. The first-order chi connectivity index (χ1) is 64.5. The summed E-state index contributed by atoms with van der Waals surface area (Å²) in [6.07, 6.45) is 6.50. The number of hydrogen-bond acceptors (Lipinski definition) is 4. The van der Waals surface area contributed by atoms with E-state index >= 15 is 0 Å². The smallest absolute Gasteiger partial charge is 0.159 e. The average molecular weight is 1660 g/mol. The number of ether oxygens (including phenoxy) is 1. The Bertz CT molecular complexity index is 9100. The van der Waals surface area contributed by atoms with Crippen LogP contribution < -0.4 is 9.64 Å². The van der Waals surface area contributed by atoms with Gasteiger partial charge in [0.2, 0.25) is 0 Å². The molecule has 19 aromatic carbocycles. The molecule has 610 valence electrons. The molecule has 0 amide bonds. The fourth-order valence-corrected chi connectivity index (χ4v) is 20.3. The van der Waals surface area contributed by atoms with Crippen molar-refractivity contribution in [3.63, 3.8) is 0 Å². The normalized spacial score (nSPS) is 12.0. The predicted molar refractivity (Wildman–Crippen MR) is 538 cm³/mol. The van der Waals surface area contributed by atoms with E-state index in [1.54, 1.807) is 0 Å². The molecule has 130 heavy (non-hydrogen) atoms. The Labute approximate surface area is 746 Å². The average Bonchev–Trinajstić information content (AvgIpc) is 1.09. The highest BCUT2D eigenvalue weighted by Crippen LogP contribution is 2.52. The van der Waals surface area contributed by atoms with Crippen LogP contribution in [-0.2, 0) is 0 Å². The third-order valence-electron chi connectivity index (χ3n) is 26.2. The van der Waals surface area contributed by atoms with Crippen molar-refractivity contribution >= 4 is 159 Å². The topological polar surface area (TPSA) is 68.3 Å². The fourth-order valence-electron chi connectivity index (χ4n) is 20.3. The van der Waals surface area contributed by atoms with Crippen LogP contribution in [0.1, 0.15) is 0 Å².